The van der Waals surface area contributed by atoms with Crippen LogP contribution in [0.4, 0.5) is 0 Å². The SMILES string of the molecule is CCCCCCCCNC(N)=NCCCN1CCCCCC1=O. The van der Waals surface area contributed by atoms with Gasteiger partial charge in [0.1, 0.15) is 0 Å². The zero-order chi connectivity index (χ0) is 16.8. The summed E-state index contributed by atoms with van der Waals surface area (Å²) in [4.78, 5) is 18.2. The summed E-state index contributed by atoms with van der Waals surface area (Å²) >= 11 is 0. The van der Waals surface area contributed by atoms with Gasteiger partial charge < -0.3 is 16.0 Å². The molecule has 0 aromatic rings. The van der Waals surface area contributed by atoms with E-state index in [4.69, 9.17) is 5.73 Å². The Morgan fingerprint density at radius 3 is 2.74 bits per heavy atom. The van der Waals surface area contributed by atoms with E-state index in [0.29, 0.717) is 24.8 Å². The van der Waals surface area contributed by atoms with Crippen molar-refractivity contribution < 1.29 is 4.79 Å². The van der Waals surface area contributed by atoms with Crippen LogP contribution in [0.15, 0.2) is 4.99 Å². The number of unbranched alkanes of at least 4 members (excludes halogenated alkanes) is 5. The molecular formula is C18H36N4O. The first-order valence-electron chi connectivity index (χ1n) is 9.55. The molecule has 1 rings (SSSR count). The molecular weight excluding hydrogens is 288 g/mol. The van der Waals surface area contributed by atoms with E-state index in [9.17, 15) is 4.79 Å². The van der Waals surface area contributed by atoms with Gasteiger partial charge in [0, 0.05) is 32.6 Å². The normalized spacial score (nSPS) is 16.5. The highest BCUT2D eigenvalue weighted by Crippen LogP contribution is 2.11. The summed E-state index contributed by atoms with van der Waals surface area (Å²) in [7, 11) is 0. The Bertz CT molecular complexity index is 344. The number of likely N-dealkylation sites (tertiary alicyclic amines) is 1. The summed E-state index contributed by atoms with van der Waals surface area (Å²) in [6.07, 6.45) is 12.7. The number of hydrogen-bond donors (Lipinski definition) is 2. The number of carbonyl (C=O) groups is 1. The summed E-state index contributed by atoms with van der Waals surface area (Å²) in [5.74, 6) is 0.849. The molecule has 5 heteroatoms. The maximum Gasteiger partial charge on any atom is 0.222 e. The van der Waals surface area contributed by atoms with Crippen LogP contribution in [-0.2, 0) is 4.79 Å². The van der Waals surface area contributed by atoms with Gasteiger partial charge in [-0.05, 0) is 25.7 Å². The molecule has 0 saturated carbocycles. The van der Waals surface area contributed by atoms with Crippen LogP contribution in [0.25, 0.3) is 0 Å². The van der Waals surface area contributed by atoms with Crippen molar-refractivity contribution in [3.8, 4) is 0 Å². The molecule has 134 valence electrons. The van der Waals surface area contributed by atoms with Gasteiger partial charge in [-0.2, -0.15) is 0 Å². The van der Waals surface area contributed by atoms with Gasteiger partial charge in [0.2, 0.25) is 5.91 Å². The number of nitrogens with one attached hydrogen (secondary N) is 1. The lowest BCUT2D eigenvalue weighted by atomic mass is 10.1. The van der Waals surface area contributed by atoms with Gasteiger partial charge >= 0.3 is 0 Å². The highest BCUT2D eigenvalue weighted by Gasteiger charge is 2.15. The van der Waals surface area contributed by atoms with Gasteiger partial charge in [-0.3, -0.25) is 9.79 Å². The average Bonchev–Trinajstić information content (AvgIpc) is 2.75. The highest BCUT2D eigenvalue weighted by atomic mass is 16.2. The van der Waals surface area contributed by atoms with Crippen LogP contribution >= 0.6 is 0 Å². The van der Waals surface area contributed by atoms with Crippen molar-refractivity contribution in [1.82, 2.24) is 10.2 Å². The second kappa shape index (κ2) is 13.2. The first-order chi connectivity index (χ1) is 11.2. The van der Waals surface area contributed by atoms with Crippen molar-refractivity contribution >= 4 is 11.9 Å². The molecule has 0 unspecified atom stereocenters. The van der Waals surface area contributed by atoms with E-state index in [1.807, 2.05) is 4.90 Å². The quantitative estimate of drug-likeness (QED) is 0.349. The third-order valence-electron chi connectivity index (χ3n) is 4.38. The monoisotopic (exact) mass is 324 g/mol. The van der Waals surface area contributed by atoms with Gasteiger partial charge in [-0.15, -0.1) is 0 Å². The molecule has 1 fully saturated rings. The molecule has 0 bridgehead atoms. The van der Waals surface area contributed by atoms with E-state index in [1.165, 1.54) is 38.5 Å². The van der Waals surface area contributed by atoms with Crippen molar-refractivity contribution in [1.29, 1.82) is 0 Å². The minimum absolute atomic E-state index is 0.306. The van der Waals surface area contributed by atoms with E-state index in [1.54, 1.807) is 0 Å². The lowest BCUT2D eigenvalue weighted by molar-refractivity contribution is -0.130. The first-order valence-corrected chi connectivity index (χ1v) is 9.55. The van der Waals surface area contributed by atoms with Gasteiger partial charge in [0.15, 0.2) is 5.96 Å². The summed E-state index contributed by atoms with van der Waals surface area (Å²) < 4.78 is 0. The lowest BCUT2D eigenvalue weighted by Crippen LogP contribution is -2.33. The Kier molecular flexibility index (Phi) is 11.4. The first kappa shape index (κ1) is 19.8. The zero-order valence-corrected chi connectivity index (χ0v) is 15.0. The van der Waals surface area contributed by atoms with Crippen LogP contribution in [0.3, 0.4) is 0 Å². The van der Waals surface area contributed by atoms with E-state index in [-0.39, 0.29) is 0 Å². The lowest BCUT2D eigenvalue weighted by Gasteiger charge is -2.19. The molecule has 0 aliphatic carbocycles. The summed E-state index contributed by atoms with van der Waals surface area (Å²) in [6, 6.07) is 0. The third kappa shape index (κ3) is 10.2. The predicted octanol–water partition coefficient (Wildman–Crippen LogP) is 3.04. The fourth-order valence-corrected chi connectivity index (χ4v) is 2.91. The number of carbonyl (C=O) groups excluding carboxylic acids is 1. The topological polar surface area (TPSA) is 70.7 Å². The number of nitrogens with two attached hydrogens (primary N) is 1. The smallest absolute Gasteiger partial charge is 0.222 e. The third-order valence-corrected chi connectivity index (χ3v) is 4.38. The molecule has 1 saturated heterocycles. The van der Waals surface area contributed by atoms with Crippen molar-refractivity contribution in [3.63, 3.8) is 0 Å². The van der Waals surface area contributed by atoms with Crippen molar-refractivity contribution in [2.24, 2.45) is 10.7 Å². The van der Waals surface area contributed by atoms with Gasteiger partial charge in [0.25, 0.3) is 0 Å². The molecule has 23 heavy (non-hydrogen) atoms. The van der Waals surface area contributed by atoms with E-state index in [0.717, 1.165) is 45.3 Å². The fraction of sp³-hybridized carbons (Fsp3) is 0.889. The molecule has 0 aromatic carbocycles. The molecule has 1 aliphatic heterocycles. The Hall–Kier alpha value is -1.26. The van der Waals surface area contributed by atoms with E-state index < -0.39 is 0 Å². The minimum atomic E-state index is 0.306. The predicted molar refractivity (Wildman–Crippen MR) is 97.5 cm³/mol. The Balaban J connectivity index is 2.01. The van der Waals surface area contributed by atoms with Gasteiger partial charge in [0.05, 0.1) is 0 Å². The number of nitrogens with zero attached hydrogens (tertiary/aromatic N) is 2. The maximum absolute atomic E-state index is 11.9. The Morgan fingerprint density at radius 1 is 1.13 bits per heavy atom. The molecule has 3 N–H and O–H groups in total. The van der Waals surface area contributed by atoms with Crippen LogP contribution in [0.2, 0.25) is 0 Å². The summed E-state index contributed by atoms with van der Waals surface area (Å²) in [6.45, 7) is 5.56. The molecule has 1 heterocycles. The molecule has 1 aliphatic rings. The number of guanidine groups is 1. The van der Waals surface area contributed by atoms with Crippen LogP contribution in [0.5, 0.6) is 0 Å². The average molecular weight is 325 g/mol. The maximum atomic E-state index is 11.9. The van der Waals surface area contributed by atoms with Gasteiger partial charge in [-0.25, -0.2) is 0 Å². The van der Waals surface area contributed by atoms with Crippen LogP contribution in [-0.4, -0.2) is 42.9 Å². The zero-order valence-electron chi connectivity index (χ0n) is 15.0. The highest BCUT2D eigenvalue weighted by molar-refractivity contribution is 5.77. The fourth-order valence-electron chi connectivity index (χ4n) is 2.91. The number of amides is 1. The molecule has 0 spiro atoms. The van der Waals surface area contributed by atoms with Crippen molar-refractivity contribution in [2.75, 3.05) is 26.2 Å². The van der Waals surface area contributed by atoms with E-state index >= 15 is 0 Å². The number of rotatable bonds is 11. The standard InChI is InChI=1S/C18H36N4O/c1-2-3-4-5-6-9-13-20-18(19)21-14-11-16-22-15-10-7-8-12-17(22)23/h2-16H2,1H3,(H3,19,20,21). The summed E-state index contributed by atoms with van der Waals surface area (Å²) in [5.41, 5.74) is 5.87. The second-order valence-electron chi connectivity index (χ2n) is 6.51. The number of hydrogen-bond acceptors (Lipinski definition) is 2. The second-order valence-corrected chi connectivity index (χ2v) is 6.51. The van der Waals surface area contributed by atoms with Gasteiger partial charge in [-0.1, -0.05) is 45.4 Å². The van der Waals surface area contributed by atoms with E-state index in [2.05, 4.69) is 17.2 Å². The summed E-state index contributed by atoms with van der Waals surface area (Å²) in [5, 5.41) is 3.18. The Labute approximate surface area is 142 Å². The number of aliphatic imine (C=N–C) groups is 1. The molecule has 0 radical (unpaired) electrons. The van der Waals surface area contributed by atoms with Crippen molar-refractivity contribution in [3.05, 3.63) is 0 Å². The van der Waals surface area contributed by atoms with Crippen LogP contribution in [0.1, 0.15) is 77.6 Å². The minimum Gasteiger partial charge on any atom is -0.370 e. The molecule has 0 aromatic heterocycles. The van der Waals surface area contributed by atoms with Crippen LogP contribution in [0, 0.1) is 0 Å². The largest absolute Gasteiger partial charge is 0.370 e. The Morgan fingerprint density at radius 2 is 1.91 bits per heavy atom. The van der Waals surface area contributed by atoms with Crippen molar-refractivity contribution in [2.45, 2.75) is 77.6 Å². The van der Waals surface area contributed by atoms with Crippen LogP contribution < -0.4 is 11.1 Å². The molecule has 0 atom stereocenters. The molecule has 1 amide bonds. The molecule has 5 nitrogen and oxygen atoms in total.